The van der Waals surface area contributed by atoms with Gasteiger partial charge in [-0.15, -0.1) is 10.2 Å². The number of aromatic nitrogens is 3. The highest BCUT2D eigenvalue weighted by Gasteiger charge is 2.35. The Bertz CT molecular complexity index is 1510. The number of thioether (sulfide) groups is 1. The number of fused-ring (bicyclic) bond motifs is 3. The summed E-state index contributed by atoms with van der Waals surface area (Å²) in [7, 11) is 0. The second-order valence-electron chi connectivity index (χ2n) is 9.60. The van der Waals surface area contributed by atoms with E-state index in [9.17, 15) is 4.79 Å². The molecule has 1 atom stereocenters. The molecular formula is C30H27ClN4O3S. The van der Waals surface area contributed by atoms with E-state index in [1.54, 1.807) is 4.90 Å². The minimum atomic E-state index is -0.768. The zero-order valence-electron chi connectivity index (χ0n) is 21.4. The van der Waals surface area contributed by atoms with Crippen molar-refractivity contribution in [1.29, 1.82) is 0 Å². The number of rotatable bonds is 6. The maximum Gasteiger partial charge on any atom is 0.247 e. The summed E-state index contributed by atoms with van der Waals surface area (Å²) in [6, 6.07) is 23.1. The van der Waals surface area contributed by atoms with E-state index < -0.39 is 6.23 Å². The Morgan fingerprint density at radius 1 is 1.05 bits per heavy atom. The third-order valence-corrected chi connectivity index (χ3v) is 8.17. The van der Waals surface area contributed by atoms with Crippen molar-refractivity contribution in [1.82, 2.24) is 15.2 Å². The summed E-state index contributed by atoms with van der Waals surface area (Å²) >= 11 is 7.76. The molecule has 39 heavy (non-hydrogen) atoms. The first-order chi connectivity index (χ1) is 19.1. The lowest BCUT2D eigenvalue weighted by Crippen LogP contribution is -2.36. The van der Waals surface area contributed by atoms with Crippen LogP contribution in [0.3, 0.4) is 0 Å². The molecule has 1 saturated carbocycles. The molecule has 198 valence electrons. The Hall–Kier alpha value is -3.62. The number of carbonyl (C=O) groups excluding carboxylic acids is 1. The molecule has 9 heteroatoms. The van der Waals surface area contributed by atoms with E-state index in [2.05, 4.69) is 10.2 Å². The number of halogens is 1. The summed E-state index contributed by atoms with van der Waals surface area (Å²) < 4.78 is 12.8. The standard InChI is InChI=1S/C30H27ClN4O3S/c1-19(36)35-26-16-7-5-14-24(26)27-28(32-30(34-33-27)39-18-21-9-2-6-15-25(21)31)38-29(35)20-10-8-13-23(17-20)37-22-11-3-4-12-22/h2,5-10,13-17,22,29H,3-4,11-12,18H2,1H3. The van der Waals surface area contributed by atoms with Crippen LogP contribution in [0.4, 0.5) is 5.69 Å². The summed E-state index contributed by atoms with van der Waals surface area (Å²) in [5.74, 6) is 1.50. The number of amides is 1. The molecule has 0 N–H and O–H groups in total. The third-order valence-electron chi connectivity index (χ3n) is 6.91. The second kappa shape index (κ2) is 11.2. The molecule has 0 saturated heterocycles. The fourth-order valence-corrected chi connectivity index (χ4v) is 6.09. The Morgan fingerprint density at radius 3 is 2.67 bits per heavy atom. The predicted octanol–water partition coefficient (Wildman–Crippen LogP) is 7.25. The van der Waals surface area contributed by atoms with E-state index in [-0.39, 0.29) is 12.0 Å². The van der Waals surface area contributed by atoms with Crippen molar-refractivity contribution in [2.24, 2.45) is 0 Å². The molecule has 3 aromatic carbocycles. The molecule has 6 rings (SSSR count). The highest BCUT2D eigenvalue weighted by molar-refractivity contribution is 7.98. The van der Waals surface area contributed by atoms with E-state index in [0.717, 1.165) is 35.3 Å². The summed E-state index contributed by atoms with van der Waals surface area (Å²) in [5.41, 5.74) is 3.66. The summed E-state index contributed by atoms with van der Waals surface area (Å²) in [6.07, 6.45) is 3.94. The first-order valence-corrected chi connectivity index (χ1v) is 14.4. The van der Waals surface area contributed by atoms with E-state index in [0.29, 0.717) is 33.2 Å². The average Bonchev–Trinajstić information content (AvgIpc) is 3.40. The average molecular weight is 559 g/mol. The molecule has 7 nitrogen and oxygen atoms in total. The van der Waals surface area contributed by atoms with Crippen LogP contribution in [0.2, 0.25) is 5.02 Å². The maximum atomic E-state index is 13.1. The van der Waals surface area contributed by atoms with Crippen molar-refractivity contribution in [3.8, 4) is 22.9 Å². The van der Waals surface area contributed by atoms with E-state index in [4.69, 9.17) is 26.1 Å². The van der Waals surface area contributed by atoms with Gasteiger partial charge in [0.25, 0.3) is 0 Å². The van der Waals surface area contributed by atoms with E-state index in [1.165, 1.54) is 31.5 Å². The smallest absolute Gasteiger partial charge is 0.247 e. The molecule has 1 unspecified atom stereocenters. The van der Waals surface area contributed by atoms with Gasteiger partial charge in [0.05, 0.1) is 11.8 Å². The lowest BCUT2D eigenvalue weighted by Gasteiger charge is -2.30. The molecule has 0 bridgehead atoms. The van der Waals surface area contributed by atoms with Crippen LogP contribution in [-0.4, -0.2) is 27.2 Å². The number of benzene rings is 3. The fraction of sp³-hybridized carbons (Fsp3) is 0.267. The number of ether oxygens (including phenoxy) is 2. The van der Waals surface area contributed by atoms with Crippen LogP contribution in [0.25, 0.3) is 11.3 Å². The molecule has 1 aliphatic carbocycles. The summed E-state index contributed by atoms with van der Waals surface area (Å²) in [6.45, 7) is 1.53. The number of nitrogens with zero attached hydrogens (tertiary/aromatic N) is 4. The van der Waals surface area contributed by atoms with Gasteiger partial charge in [0.15, 0.2) is 5.69 Å². The number of para-hydroxylation sites is 1. The van der Waals surface area contributed by atoms with Gasteiger partial charge in [-0.05, 0) is 55.5 Å². The van der Waals surface area contributed by atoms with Crippen molar-refractivity contribution in [2.45, 2.75) is 55.8 Å². The van der Waals surface area contributed by atoms with Gasteiger partial charge in [-0.25, -0.2) is 0 Å². The van der Waals surface area contributed by atoms with Crippen LogP contribution >= 0.6 is 23.4 Å². The third kappa shape index (κ3) is 5.44. The normalized spacial score (nSPS) is 16.7. The topological polar surface area (TPSA) is 77.4 Å². The minimum Gasteiger partial charge on any atom is -0.490 e. The first-order valence-electron chi connectivity index (χ1n) is 13.0. The zero-order valence-corrected chi connectivity index (χ0v) is 23.0. The molecule has 4 aromatic rings. The predicted molar refractivity (Wildman–Crippen MR) is 152 cm³/mol. The van der Waals surface area contributed by atoms with Gasteiger partial charge >= 0.3 is 0 Å². The van der Waals surface area contributed by atoms with Crippen LogP contribution < -0.4 is 14.4 Å². The SMILES string of the molecule is CC(=O)N1c2ccccc2-c2nnc(SCc3ccccc3Cl)nc2OC1c1cccc(OC2CCCC2)c1. The summed E-state index contributed by atoms with van der Waals surface area (Å²) in [4.78, 5) is 19.5. The number of hydrogen-bond acceptors (Lipinski definition) is 7. The van der Waals surface area contributed by atoms with E-state index >= 15 is 0 Å². The molecule has 1 aliphatic heterocycles. The van der Waals surface area contributed by atoms with Crippen LogP contribution in [-0.2, 0) is 10.5 Å². The van der Waals surface area contributed by atoms with Gasteiger partial charge in [-0.2, -0.15) is 4.98 Å². The van der Waals surface area contributed by atoms with Gasteiger partial charge in [-0.1, -0.05) is 71.9 Å². The quantitative estimate of drug-likeness (QED) is 0.231. The van der Waals surface area contributed by atoms with Crippen LogP contribution in [0.1, 0.15) is 50.0 Å². The fourth-order valence-electron chi connectivity index (χ4n) is 5.03. The van der Waals surface area contributed by atoms with E-state index in [1.807, 2.05) is 72.8 Å². The van der Waals surface area contributed by atoms with Crippen LogP contribution in [0.15, 0.2) is 78.0 Å². The first kappa shape index (κ1) is 25.6. The second-order valence-corrected chi connectivity index (χ2v) is 11.0. The Balaban J connectivity index is 1.38. The van der Waals surface area contributed by atoms with Crippen LogP contribution in [0, 0.1) is 0 Å². The molecular weight excluding hydrogens is 532 g/mol. The van der Waals surface area contributed by atoms with Crippen molar-refractivity contribution < 1.29 is 14.3 Å². The van der Waals surface area contributed by atoms with Gasteiger partial charge in [0, 0.05) is 28.8 Å². The number of carbonyl (C=O) groups is 1. The monoisotopic (exact) mass is 558 g/mol. The number of hydrogen-bond donors (Lipinski definition) is 0. The highest BCUT2D eigenvalue weighted by atomic mass is 35.5. The molecule has 1 aromatic heterocycles. The Labute approximate surface area is 236 Å². The van der Waals surface area contributed by atoms with Gasteiger partial charge < -0.3 is 9.47 Å². The minimum absolute atomic E-state index is 0.163. The largest absolute Gasteiger partial charge is 0.490 e. The Kier molecular flexibility index (Phi) is 7.39. The molecule has 1 amide bonds. The summed E-state index contributed by atoms with van der Waals surface area (Å²) in [5, 5.41) is 10.0. The highest BCUT2D eigenvalue weighted by Crippen LogP contribution is 2.44. The maximum absolute atomic E-state index is 13.1. The molecule has 0 radical (unpaired) electrons. The molecule has 0 spiro atoms. The lowest BCUT2D eigenvalue weighted by atomic mass is 10.1. The lowest BCUT2D eigenvalue weighted by molar-refractivity contribution is -0.118. The molecule has 2 heterocycles. The number of anilines is 1. The van der Waals surface area contributed by atoms with Crippen molar-refractivity contribution in [2.75, 3.05) is 4.90 Å². The Morgan fingerprint density at radius 2 is 1.85 bits per heavy atom. The van der Waals surface area contributed by atoms with Gasteiger partial charge in [0.1, 0.15) is 5.75 Å². The van der Waals surface area contributed by atoms with Crippen molar-refractivity contribution in [3.05, 3.63) is 88.9 Å². The zero-order chi connectivity index (χ0) is 26.8. The van der Waals surface area contributed by atoms with Crippen molar-refractivity contribution in [3.63, 3.8) is 0 Å². The van der Waals surface area contributed by atoms with Crippen molar-refractivity contribution >= 4 is 35.0 Å². The van der Waals surface area contributed by atoms with Crippen LogP contribution in [0.5, 0.6) is 11.6 Å². The molecule has 2 aliphatic rings. The molecule has 1 fully saturated rings. The van der Waals surface area contributed by atoms with Gasteiger partial charge in [-0.3, -0.25) is 9.69 Å². The van der Waals surface area contributed by atoms with Gasteiger partial charge in [0.2, 0.25) is 23.2 Å².